The molecule has 4 atom stereocenters. The van der Waals surface area contributed by atoms with E-state index >= 15 is 0 Å². The van der Waals surface area contributed by atoms with Gasteiger partial charge in [0.1, 0.15) is 0 Å². The number of alkyl halides is 2. The van der Waals surface area contributed by atoms with Crippen LogP contribution >= 0.6 is 34.8 Å². The Labute approximate surface area is 597 Å². The average Bonchev–Trinajstić information content (AvgIpc) is 2.70. The largest absolute Gasteiger partial charge is 0.463 e. The second-order valence-corrected chi connectivity index (χ2v) is 20.6. The van der Waals surface area contributed by atoms with Crippen molar-refractivity contribution in [2.45, 2.75) is 123 Å². The van der Waals surface area contributed by atoms with Gasteiger partial charge in [-0.2, -0.15) is 0 Å². The quantitative estimate of drug-likeness (QED) is 0.00957. The van der Waals surface area contributed by atoms with Crippen molar-refractivity contribution >= 4 is 46.0 Å². The predicted molar refractivity (Wildman–Crippen MR) is 375 cm³/mol. The van der Waals surface area contributed by atoms with Crippen LogP contribution in [0.5, 0.6) is 0 Å². The summed E-state index contributed by atoms with van der Waals surface area (Å²) < 4.78 is 4.80. The molecule has 2 radical (unpaired) electrons. The van der Waals surface area contributed by atoms with Crippen molar-refractivity contribution < 1.29 is 80.1 Å². The third-order valence-electron chi connectivity index (χ3n) is 12.1. The van der Waals surface area contributed by atoms with E-state index in [1.807, 2.05) is 170 Å². The first-order valence-electron chi connectivity index (χ1n) is 30.4. The van der Waals surface area contributed by atoms with Gasteiger partial charge in [0, 0.05) is 77.7 Å². The van der Waals surface area contributed by atoms with Gasteiger partial charge in [0.15, 0.2) is 0 Å². The van der Waals surface area contributed by atoms with Gasteiger partial charge in [-0.15, -0.1) is 167 Å². The summed E-state index contributed by atoms with van der Waals surface area (Å²) in [6, 6.07) is 67.3. The number of halogens is 3. The molecular formula is C75H94Cl3Ir2N5O8-4. The molecule has 0 aliphatic carbocycles. The van der Waals surface area contributed by atoms with E-state index in [2.05, 4.69) is 83.0 Å². The van der Waals surface area contributed by atoms with Crippen molar-refractivity contribution in [2.24, 2.45) is 0 Å². The number of unbranched alkanes of at least 4 members (excludes halogenated alkanes) is 4. The van der Waals surface area contributed by atoms with E-state index in [4.69, 9.17) is 54.9 Å². The molecule has 0 aliphatic rings. The number of esters is 1. The Morgan fingerprint density at radius 2 is 0.785 bits per heavy atom. The zero-order chi connectivity index (χ0) is 67.4. The molecule has 8 aromatic rings. The third kappa shape index (κ3) is 53.0. The van der Waals surface area contributed by atoms with E-state index in [1.165, 1.54) is 19.6 Å². The van der Waals surface area contributed by atoms with Crippen molar-refractivity contribution in [1.82, 2.24) is 24.8 Å². The fourth-order valence-electron chi connectivity index (χ4n) is 7.55. The monoisotopic (exact) mass is 1680 g/mol. The molecule has 8 rings (SSSR count). The molecule has 93 heavy (non-hydrogen) atoms. The van der Waals surface area contributed by atoms with E-state index in [0.29, 0.717) is 25.9 Å². The Morgan fingerprint density at radius 3 is 0.989 bits per heavy atom. The number of hydrogen-bond acceptors (Lipinski definition) is 13. The minimum Gasteiger partial charge on any atom is -0.463 e. The minimum absolute atomic E-state index is 0. The molecule has 0 aliphatic heterocycles. The van der Waals surface area contributed by atoms with Crippen molar-refractivity contribution in [2.75, 3.05) is 38.2 Å². The summed E-state index contributed by atoms with van der Waals surface area (Å²) in [5, 5.41) is 44.9. The molecule has 13 nitrogen and oxygen atoms in total. The summed E-state index contributed by atoms with van der Waals surface area (Å²) in [4.78, 5) is 39.4. The van der Waals surface area contributed by atoms with E-state index < -0.39 is 29.5 Å². The first-order chi connectivity index (χ1) is 44.1. The van der Waals surface area contributed by atoms with Gasteiger partial charge in [-0.05, 0) is 143 Å². The van der Waals surface area contributed by atoms with E-state index in [-0.39, 0.29) is 58.3 Å². The van der Waals surface area contributed by atoms with Crippen LogP contribution in [-0.4, -0.2) is 124 Å². The first kappa shape index (κ1) is 91.2. The van der Waals surface area contributed by atoms with Crippen LogP contribution in [0.4, 0.5) is 0 Å². The molecule has 0 saturated heterocycles. The van der Waals surface area contributed by atoms with Gasteiger partial charge in [-0.25, -0.2) is 4.79 Å². The van der Waals surface area contributed by atoms with Gasteiger partial charge in [-0.1, -0.05) is 102 Å². The Bertz CT molecular complexity index is 2450. The van der Waals surface area contributed by atoms with Gasteiger partial charge < -0.3 is 55.1 Å². The molecule has 4 aromatic heterocycles. The van der Waals surface area contributed by atoms with Crippen LogP contribution in [0, 0.1) is 24.3 Å². The number of nitrogens with zero attached hydrogens (tertiary/aromatic N) is 5. The van der Waals surface area contributed by atoms with Crippen molar-refractivity contribution in [3.05, 3.63) is 244 Å². The van der Waals surface area contributed by atoms with Crippen LogP contribution < -0.4 is 0 Å². The predicted octanol–water partition coefficient (Wildman–Crippen LogP) is 16.0. The number of rotatable bonds is 24. The Morgan fingerprint density at radius 1 is 0.495 bits per heavy atom. The first-order valence-corrected chi connectivity index (χ1v) is 31.9. The normalized spacial score (nSPS) is 10.8. The molecule has 0 spiro atoms. The number of aliphatic hydroxyl groups excluding tert-OH is 5. The molecule has 510 valence electrons. The molecule has 4 unspecified atom stereocenters. The number of allylic oxidation sites excluding steroid dienone is 1. The standard InChI is InChI=1S/C12H22O4.4C11H8N.C9H20O3.C6H15N.C3H3ClO.CH2Cl2.2Ir/c1-3-12(15)16-8-6-4-5-7-11(14)9-10(2)13;4*1-2-6-10(7-3-1)11-8-4-5-9-12-11;1-8(11)7-9(12)5-3-2-4-6-10;1-4-7(5-2)6-3;1-2-3(4)5;2-1-3;;/h3,10-11,13-14H,1,4-9H2,2H3;4*1-6,8-9H;8-12H,2-7H2,1H3;4-6H2,1-3H3;2H,1H2;1H2;;/q;4*-1;;;;;;. The molecule has 0 amide bonds. The van der Waals surface area contributed by atoms with Crippen LogP contribution in [0.1, 0.15) is 98.8 Å². The number of carbonyl (C=O) groups is 2. The maximum absolute atomic E-state index is 10.7. The Kier molecular flexibility index (Phi) is 63.5. The summed E-state index contributed by atoms with van der Waals surface area (Å²) in [7, 11) is 0. The molecule has 4 heterocycles. The van der Waals surface area contributed by atoms with Gasteiger partial charge in [0.05, 0.1) is 36.4 Å². The number of ether oxygens (including phenoxy) is 1. The van der Waals surface area contributed by atoms with Crippen molar-refractivity contribution in [1.29, 1.82) is 0 Å². The number of carbonyl (C=O) groups excluding carboxylic acids is 2. The number of aromatic nitrogens is 4. The molecule has 0 bridgehead atoms. The third-order valence-corrected chi connectivity index (χ3v) is 12.3. The molecule has 4 aromatic carbocycles. The SMILES string of the molecule is C=CC(=O)Cl.C=CC(=O)OCCCCCC(O)CC(C)O.CC(O)CC(O)CCCCCO.CCN(CC)CC.ClCCl.[Ir].[Ir].[c-]1ccccc1-c1ccccn1.[c-]1ccccc1-c1ccccn1.[c-]1ccccc1-c1ccccn1.[c-]1ccccc1-c1ccccn1. The van der Waals surface area contributed by atoms with Gasteiger partial charge in [0.2, 0.25) is 5.24 Å². The Hall–Kier alpha value is -5.97. The van der Waals surface area contributed by atoms with Gasteiger partial charge in [0.25, 0.3) is 0 Å². The van der Waals surface area contributed by atoms with E-state index in [1.54, 1.807) is 38.6 Å². The molecule has 5 N–H and O–H groups in total. The molecule has 18 heteroatoms. The maximum atomic E-state index is 10.7. The minimum atomic E-state index is -0.509. The molecular weight excluding hydrogens is 1590 g/mol. The number of benzene rings is 4. The van der Waals surface area contributed by atoms with Crippen LogP contribution in [0.3, 0.4) is 0 Å². The maximum Gasteiger partial charge on any atom is 0.330 e. The number of aliphatic hydroxyl groups is 5. The summed E-state index contributed by atoms with van der Waals surface area (Å²) in [6.07, 6.45) is 15.2. The number of hydrogen-bond donors (Lipinski definition) is 5. The van der Waals surface area contributed by atoms with Crippen LogP contribution in [0.2, 0.25) is 0 Å². The van der Waals surface area contributed by atoms with Gasteiger partial charge >= 0.3 is 5.97 Å². The summed E-state index contributed by atoms with van der Waals surface area (Å²) in [6.45, 7) is 20.5. The van der Waals surface area contributed by atoms with Crippen molar-refractivity contribution in [3.63, 3.8) is 0 Å². The fourth-order valence-corrected chi connectivity index (χ4v) is 7.55. The summed E-state index contributed by atoms with van der Waals surface area (Å²) in [5.41, 5.74) is 8.04. The zero-order valence-electron chi connectivity index (χ0n) is 54.2. The van der Waals surface area contributed by atoms with Gasteiger partial charge in [-0.3, -0.25) is 4.79 Å². The zero-order valence-corrected chi connectivity index (χ0v) is 61.2. The average molecular weight is 1680 g/mol. The fraction of sp³-hybridized carbons (Fsp3) is 0.333. The smallest absolute Gasteiger partial charge is 0.330 e. The topological polar surface area (TPSA) is 199 Å². The van der Waals surface area contributed by atoms with Crippen LogP contribution in [0.25, 0.3) is 45.0 Å². The Balaban J connectivity index is -0.000000999. The van der Waals surface area contributed by atoms with E-state index in [9.17, 15) is 19.8 Å². The summed E-state index contributed by atoms with van der Waals surface area (Å²) >= 11 is 14.2. The second-order valence-electron chi connectivity index (χ2n) is 19.5. The second kappa shape index (κ2) is 64.7. The summed E-state index contributed by atoms with van der Waals surface area (Å²) in [5.74, 6) is -0.394. The van der Waals surface area contributed by atoms with E-state index in [0.717, 1.165) is 102 Å². The number of pyridine rings is 4. The molecule has 0 fully saturated rings. The molecule has 0 saturated carbocycles. The van der Waals surface area contributed by atoms with Crippen molar-refractivity contribution in [3.8, 4) is 45.0 Å². The van der Waals surface area contributed by atoms with Crippen LogP contribution in [0.15, 0.2) is 220 Å². The van der Waals surface area contributed by atoms with Crippen LogP contribution in [-0.2, 0) is 54.5 Å².